The molecule has 2 rings (SSSR count). The van der Waals surface area contributed by atoms with Crippen LogP contribution < -0.4 is 0 Å². The molecule has 0 unspecified atom stereocenters. The second kappa shape index (κ2) is 6.25. The molecule has 0 saturated carbocycles. The van der Waals surface area contributed by atoms with Crippen molar-refractivity contribution in [2.24, 2.45) is 0 Å². The van der Waals surface area contributed by atoms with Crippen molar-refractivity contribution in [2.75, 3.05) is 13.7 Å². The highest BCUT2D eigenvalue weighted by Crippen LogP contribution is 2.31. The number of unbranched alkanes of at least 4 members (excludes halogenated alkanes) is 1. The first-order valence-corrected chi connectivity index (χ1v) is 7.23. The smallest absolute Gasteiger partial charge is 0.0485 e. The van der Waals surface area contributed by atoms with E-state index >= 15 is 0 Å². The third-order valence-electron chi connectivity index (χ3n) is 3.84. The fourth-order valence-electron chi connectivity index (χ4n) is 2.99. The molecule has 1 aromatic carbocycles. The van der Waals surface area contributed by atoms with E-state index in [-0.39, 0.29) is 0 Å². The number of nitrogens with zero attached hydrogens (tertiary/aromatic N) is 1. The van der Waals surface area contributed by atoms with E-state index in [9.17, 15) is 0 Å². The van der Waals surface area contributed by atoms with Crippen LogP contribution in [-0.4, -0.2) is 18.3 Å². The molecule has 19 heavy (non-hydrogen) atoms. The lowest BCUT2D eigenvalue weighted by atomic mass is 10.00. The van der Waals surface area contributed by atoms with Gasteiger partial charge in [0.05, 0.1) is 0 Å². The van der Waals surface area contributed by atoms with Crippen LogP contribution in [0.15, 0.2) is 24.3 Å². The Morgan fingerprint density at radius 3 is 2.58 bits per heavy atom. The number of methoxy groups -OCH3 is 1. The number of para-hydroxylation sites is 1. The Bertz CT molecular complexity index is 539. The summed E-state index contributed by atoms with van der Waals surface area (Å²) in [7, 11) is 1.77. The second-order valence-corrected chi connectivity index (χ2v) is 5.52. The predicted molar refractivity (Wildman–Crippen MR) is 81.9 cm³/mol. The summed E-state index contributed by atoms with van der Waals surface area (Å²) >= 11 is 0. The van der Waals surface area contributed by atoms with Gasteiger partial charge < -0.3 is 9.30 Å². The highest BCUT2D eigenvalue weighted by Gasteiger charge is 2.15. The molecule has 0 aliphatic heterocycles. The molecular formula is C17H25NO. The van der Waals surface area contributed by atoms with E-state index in [4.69, 9.17) is 4.74 Å². The first kappa shape index (κ1) is 14.1. The number of aromatic nitrogens is 1. The molecule has 0 amide bonds. The van der Waals surface area contributed by atoms with Crippen LogP contribution >= 0.6 is 0 Å². The van der Waals surface area contributed by atoms with Gasteiger partial charge in [0.2, 0.25) is 0 Å². The topological polar surface area (TPSA) is 14.2 Å². The number of benzene rings is 1. The van der Waals surface area contributed by atoms with Gasteiger partial charge in [-0.25, -0.2) is 0 Å². The van der Waals surface area contributed by atoms with Crippen LogP contribution in [0.5, 0.6) is 0 Å². The lowest BCUT2D eigenvalue weighted by Gasteiger charge is -2.10. The quantitative estimate of drug-likeness (QED) is 0.697. The summed E-state index contributed by atoms with van der Waals surface area (Å²) in [5.74, 6) is 0.574. The first-order valence-electron chi connectivity index (χ1n) is 7.23. The fraction of sp³-hybridized carbons (Fsp3) is 0.529. The molecule has 0 bridgehead atoms. The number of fused-ring (bicyclic) bond motifs is 1. The van der Waals surface area contributed by atoms with Crippen molar-refractivity contribution in [3.63, 3.8) is 0 Å². The van der Waals surface area contributed by atoms with Gasteiger partial charge in [0, 0.05) is 36.9 Å². The predicted octanol–water partition coefficient (Wildman–Crippen LogP) is 4.50. The van der Waals surface area contributed by atoms with Crippen molar-refractivity contribution in [3.05, 3.63) is 35.5 Å². The fourth-order valence-corrected chi connectivity index (χ4v) is 2.99. The Morgan fingerprint density at radius 2 is 1.89 bits per heavy atom. The summed E-state index contributed by atoms with van der Waals surface area (Å²) in [6.45, 7) is 8.76. The third kappa shape index (κ3) is 2.84. The minimum absolute atomic E-state index is 0.574. The molecule has 0 radical (unpaired) electrons. The summed E-state index contributed by atoms with van der Waals surface area (Å²) in [4.78, 5) is 0. The summed E-state index contributed by atoms with van der Waals surface area (Å²) in [6, 6.07) is 8.77. The standard InChI is InChI=1S/C17H25NO/c1-13(2)17-14(3)18(11-7-8-12-19-4)16-10-6-5-9-15(16)17/h5-6,9-10,13H,7-8,11-12H2,1-4H3. The van der Waals surface area contributed by atoms with Crippen molar-refractivity contribution in [3.8, 4) is 0 Å². The van der Waals surface area contributed by atoms with Gasteiger partial charge in [0.25, 0.3) is 0 Å². The zero-order valence-corrected chi connectivity index (χ0v) is 12.6. The van der Waals surface area contributed by atoms with Crippen molar-refractivity contribution in [1.29, 1.82) is 0 Å². The molecule has 0 fully saturated rings. The number of hydrogen-bond acceptors (Lipinski definition) is 1. The molecular weight excluding hydrogens is 234 g/mol. The Balaban J connectivity index is 2.34. The molecule has 2 heteroatoms. The Hall–Kier alpha value is -1.28. The monoisotopic (exact) mass is 259 g/mol. The van der Waals surface area contributed by atoms with E-state index < -0.39 is 0 Å². The lowest BCUT2D eigenvalue weighted by Crippen LogP contribution is -2.02. The first-order chi connectivity index (χ1) is 9.16. The maximum atomic E-state index is 5.13. The SMILES string of the molecule is COCCCCn1c(C)c(C(C)C)c2ccccc21. The average molecular weight is 259 g/mol. The Morgan fingerprint density at radius 1 is 1.16 bits per heavy atom. The number of rotatable bonds is 6. The Labute approximate surface area is 116 Å². The van der Waals surface area contributed by atoms with Gasteiger partial charge in [-0.3, -0.25) is 0 Å². The van der Waals surface area contributed by atoms with Gasteiger partial charge in [-0.2, -0.15) is 0 Å². The van der Waals surface area contributed by atoms with Crippen molar-refractivity contribution in [1.82, 2.24) is 4.57 Å². The molecule has 0 spiro atoms. The number of aryl methyl sites for hydroxylation is 1. The van der Waals surface area contributed by atoms with E-state index in [2.05, 4.69) is 49.6 Å². The summed E-state index contributed by atoms with van der Waals surface area (Å²) < 4.78 is 7.60. The third-order valence-corrected chi connectivity index (χ3v) is 3.84. The molecule has 0 saturated heterocycles. The van der Waals surface area contributed by atoms with Gasteiger partial charge in [0.15, 0.2) is 0 Å². The molecule has 104 valence electrons. The molecule has 1 aromatic heterocycles. The lowest BCUT2D eigenvalue weighted by molar-refractivity contribution is 0.191. The van der Waals surface area contributed by atoms with Crippen molar-refractivity contribution >= 4 is 10.9 Å². The zero-order chi connectivity index (χ0) is 13.8. The Kier molecular flexibility index (Phi) is 4.65. The van der Waals surface area contributed by atoms with Gasteiger partial charge >= 0.3 is 0 Å². The maximum absolute atomic E-state index is 5.13. The minimum atomic E-state index is 0.574. The molecule has 0 aliphatic rings. The summed E-state index contributed by atoms with van der Waals surface area (Å²) in [5.41, 5.74) is 4.30. The van der Waals surface area contributed by atoms with Gasteiger partial charge in [-0.05, 0) is 37.3 Å². The normalized spacial score (nSPS) is 11.6. The molecule has 0 aliphatic carbocycles. The number of hydrogen-bond donors (Lipinski definition) is 0. The van der Waals surface area contributed by atoms with E-state index in [1.165, 1.54) is 28.6 Å². The molecule has 2 aromatic rings. The van der Waals surface area contributed by atoms with Crippen molar-refractivity contribution in [2.45, 2.75) is 46.1 Å². The van der Waals surface area contributed by atoms with Gasteiger partial charge in [-0.15, -0.1) is 0 Å². The van der Waals surface area contributed by atoms with Gasteiger partial charge in [0.1, 0.15) is 0 Å². The average Bonchev–Trinajstić information content (AvgIpc) is 2.67. The minimum Gasteiger partial charge on any atom is -0.385 e. The van der Waals surface area contributed by atoms with E-state index in [1.807, 2.05) is 0 Å². The second-order valence-electron chi connectivity index (χ2n) is 5.52. The molecule has 0 atom stereocenters. The zero-order valence-electron chi connectivity index (χ0n) is 12.6. The van der Waals surface area contributed by atoms with Crippen LogP contribution in [0.2, 0.25) is 0 Å². The van der Waals surface area contributed by atoms with E-state index in [1.54, 1.807) is 7.11 Å². The number of ether oxygens (including phenoxy) is 1. The molecule has 1 heterocycles. The van der Waals surface area contributed by atoms with E-state index in [0.29, 0.717) is 5.92 Å². The van der Waals surface area contributed by atoms with Gasteiger partial charge in [-0.1, -0.05) is 32.0 Å². The summed E-state index contributed by atoms with van der Waals surface area (Å²) in [5, 5.41) is 1.42. The van der Waals surface area contributed by atoms with E-state index in [0.717, 1.165) is 19.6 Å². The summed E-state index contributed by atoms with van der Waals surface area (Å²) in [6.07, 6.45) is 2.30. The highest BCUT2D eigenvalue weighted by molar-refractivity contribution is 5.86. The highest BCUT2D eigenvalue weighted by atomic mass is 16.5. The van der Waals surface area contributed by atoms with Crippen LogP contribution in [-0.2, 0) is 11.3 Å². The maximum Gasteiger partial charge on any atom is 0.0485 e. The van der Waals surface area contributed by atoms with Crippen molar-refractivity contribution < 1.29 is 4.74 Å². The molecule has 2 nitrogen and oxygen atoms in total. The van der Waals surface area contributed by atoms with Crippen LogP contribution in [0.3, 0.4) is 0 Å². The van der Waals surface area contributed by atoms with Crippen LogP contribution in [0.25, 0.3) is 10.9 Å². The largest absolute Gasteiger partial charge is 0.385 e. The molecule has 0 N–H and O–H groups in total. The van der Waals surface area contributed by atoms with Crippen LogP contribution in [0, 0.1) is 6.92 Å². The van der Waals surface area contributed by atoms with Crippen LogP contribution in [0.4, 0.5) is 0 Å². The van der Waals surface area contributed by atoms with Crippen LogP contribution in [0.1, 0.15) is 43.9 Å².